The summed E-state index contributed by atoms with van der Waals surface area (Å²) in [6, 6.07) is 0.372. The van der Waals surface area contributed by atoms with E-state index < -0.39 is 0 Å². The van der Waals surface area contributed by atoms with Crippen molar-refractivity contribution in [2.75, 3.05) is 5.75 Å². The Balaban J connectivity index is 2.00. The molecule has 0 spiro atoms. The van der Waals surface area contributed by atoms with Crippen LogP contribution < -0.4 is 5.73 Å². The molecule has 0 aromatic carbocycles. The van der Waals surface area contributed by atoms with E-state index in [-0.39, 0.29) is 23.2 Å². The number of nitrogens with zero attached hydrogens (tertiary/aromatic N) is 1. The quantitative estimate of drug-likeness (QED) is 0.706. The lowest BCUT2D eigenvalue weighted by molar-refractivity contribution is -0.126. The van der Waals surface area contributed by atoms with Crippen LogP contribution in [-0.2, 0) is 4.79 Å². The topological polar surface area (TPSA) is 63.4 Å². The van der Waals surface area contributed by atoms with Crippen LogP contribution in [0.3, 0.4) is 0 Å². The Morgan fingerprint density at radius 2 is 1.86 bits per heavy atom. The number of imide groups is 1. The van der Waals surface area contributed by atoms with Crippen LogP contribution in [0.5, 0.6) is 0 Å². The Labute approximate surface area is 87.2 Å². The van der Waals surface area contributed by atoms with Gasteiger partial charge in [0.1, 0.15) is 0 Å². The van der Waals surface area contributed by atoms with Crippen molar-refractivity contribution >= 4 is 22.9 Å². The molecule has 1 saturated carbocycles. The number of carbonyl (C=O) groups is 2. The first-order chi connectivity index (χ1) is 6.68. The monoisotopic (exact) mass is 214 g/mol. The lowest BCUT2D eigenvalue weighted by atomic mass is 9.91. The molecule has 2 fully saturated rings. The molecule has 78 valence electrons. The standard InChI is InChI=1S/C9H14N2O2S/c10-6-1-3-7(4-2-6)11-8(12)5-14-9(11)13/h6-7H,1-5,10H2. The van der Waals surface area contributed by atoms with E-state index in [0.29, 0.717) is 5.75 Å². The summed E-state index contributed by atoms with van der Waals surface area (Å²) in [5, 5.41) is -0.0736. The van der Waals surface area contributed by atoms with Crippen LogP contribution in [0.15, 0.2) is 0 Å². The lowest BCUT2D eigenvalue weighted by Gasteiger charge is -2.31. The fourth-order valence-electron chi connectivity index (χ4n) is 2.08. The number of hydrogen-bond acceptors (Lipinski definition) is 4. The number of carbonyl (C=O) groups excluding carboxylic acids is 2. The number of amides is 2. The van der Waals surface area contributed by atoms with Gasteiger partial charge in [0.2, 0.25) is 5.91 Å². The van der Waals surface area contributed by atoms with E-state index in [2.05, 4.69) is 0 Å². The van der Waals surface area contributed by atoms with Gasteiger partial charge in [0, 0.05) is 12.1 Å². The highest BCUT2D eigenvalue weighted by atomic mass is 32.2. The van der Waals surface area contributed by atoms with Crippen LogP contribution in [0.1, 0.15) is 25.7 Å². The zero-order chi connectivity index (χ0) is 10.1. The average molecular weight is 214 g/mol. The molecule has 14 heavy (non-hydrogen) atoms. The molecule has 2 N–H and O–H groups in total. The summed E-state index contributed by atoms with van der Waals surface area (Å²) in [6.45, 7) is 0. The molecule has 5 heteroatoms. The van der Waals surface area contributed by atoms with Gasteiger partial charge < -0.3 is 5.73 Å². The van der Waals surface area contributed by atoms with Crippen molar-refractivity contribution in [1.29, 1.82) is 0 Å². The number of hydrogen-bond donors (Lipinski definition) is 1. The van der Waals surface area contributed by atoms with Crippen LogP contribution in [0.2, 0.25) is 0 Å². The minimum absolute atomic E-state index is 0.0273. The normalized spacial score (nSPS) is 33.9. The van der Waals surface area contributed by atoms with Crippen molar-refractivity contribution < 1.29 is 9.59 Å². The summed E-state index contributed by atoms with van der Waals surface area (Å²) >= 11 is 1.11. The zero-order valence-corrected chi connectivity index (χ0v) is 8.76. The van der Waals surface area contributed by atoms with Crippen molar-refractivity contribution in [3.05, 3.63) is 0 Å². The molecule has 4 nitrogen and oxygen atoms in total. The molecule has 2 aliphatic rings. The molecular formula is C9H14N2O2S. The van der Waals surface area contributed by atoms with Crippen LogP contribution >= 0.6 is 11.8 Å². The van der Waals surface area contributed by atoms with Crippen molar-refractivity contribution in [2.45, 2.75) is 37.8 Å². The average Bonchev–Trinajstić information content (AvgIpc) is 2.49. The Kier molecular flexibility index (Phi) is 2.78. The molecule has 1 aliphatic heterocycles. The Bertz CT molecular complexity index is 246. The smallest absolute Gasteiger partial charge is 0.289 e. The van der Waals surface area contributed by atoms with Crippen LogP contribution in [0, 0.1) is 0 Å². The highest BCUT2D eigenvalue weighted by molar-refractivity contribution is 8.14. The molecule has 1 heterocycles. The first kappa shape index (κ1) is 9.98. The minimum Gasteiger partial charge on any atom is -0.328 e. The van der Waals surface area contributed by atoms with E-state index in [4.69, 9.17) is 5.73 Å². The Morgan fingerprint density at radius 1 is 1.21 bits per heavy atom. The summed E-state index contributed by atoms with van der Waals surface area (Å²) in [4.78, 5) is 24.3. The van der Waals surface area contributed by atoms with E-state index >= 15 is 0 Å². The van der Waals surface area contributed by atoms with Gasteiger partial charge in [-0.3, -0.25) is 14.5 Å². The van der Waals surface area contributed by atoms with Gasteiger partial charge in [0.05, 0.1) is 5.75 Å². The molecule has 0 atom stereocenters. The summed E-state index contributed by atoms with van der Waals surface area (Å²) in [5.74, 6) is 0.293. The number of rotatable bonds is 1. The highest BCUT2D eigenvalue weighted by Gasteiger charge is 2.36. The van der Waals surface area contributed by atoms with Gasteiger partial charge in [-0.15, -0.1) is 0 Å². The maximum absolute atomic E-state index is 11.4. The second kappa shape index (κ2) is 3.90. The van der Waals surface area contributed by atoms with E-state index in [1.807, 2.05) is 0 Å². The third-order valence-electron chi connectivity index (χ3n) is 2.89. The SMILES string of the molecule is NC1CCC(N2C(=O)CSC2=O)CC1. The van der Waals surface area contributed by atoms with E-state index in [9.17, 15) is 9.59 Å². The molecule has 2 amide bonds. The first-order valence-corrected chi connectivity index (χ1v) is 5.91. The maximum atomic E-state index is 11.4. The highest BCUT2D eigenvalue weighted by Crippen LogP contribution is 2.29. The minimum atomic E-state index is -0.0736. The predicted octanol–water partition coefficient (Wildman–Crippen LogP) is 0.952. The number of thioether (sulfide) groups is 1. The van der Waals surface area contributed by atoms with Gasteiger partial charge in [-0.2, -0.15) is 0 Å². The third-order valence-corrected chi connectivity index (χ3v) is 3.73. The molecule has 1 saturated heterocycles. The van der Waals surface area contributed by atoms with Gasteiger partial charge >= 0.3 is 0 Å². The molecule has 0 radical (unpaired) electrons. The van der Waals surface area contributed by atoms with Gasteiger partial charge in [0.15, 0.2) is 0 Å². The van der Waals surface area contributed by atoms with Crippen LogP contribution in [0.25, 0.3) is 0 Å². The predicted molar refractivity (Wildman–Crippen MR) is 54.9 cm³/mol. The lowest BCUT2D eigenvalue weighted by Crippen LogP contribution is -2.43. The summed E-state index contributed by atoms with van der Waals surface area (Å²) < 4.78 is 0. The Morgan fingerprint density at radius 3 is 2.36 bits per heavy atom. The molecule has 0 aromatic heterocycles. The van der Waals surface area contributed by atoms with E-state index in [1.165, 1.54) is 4.90 Å². The molecule has 0 aromatic rings. The van der Waals surface area contributed by atoms with Gasteiger partial charge in [0.25, 0.3) is 5.24 Å². The van der Waals surface area contributed by atoms with Crippen molar-refractivity contribution in [1.82, 2.24) is 4.90 Å². The largest absolute Gasteiger partial charge is 0.328 e. The fourth-order valence-corrected chi connectivity index (χ4v) is 2.85. The van der Waals surface area contributed by atoms with Gasteiger partial charge in [-0.05, 0) is 25.7 Å². The number of nitrogens with two attached hydrogens (primary N) is 1. The summed E-state index contributed by atoms with van der Waals surface area (Å²) in [7, 11) is 0. The molecule has 0 unspecified atom stereocenters. The molecule has 1 aliphatic carbocycles. The Hall–Kier alpha value is -0.550. The summed E-state index contributed by atoms with van der Waals surface area (Å²) in [6.07, 6.45) is 3.59. The van der Waals surface area contributed by atoms with Crippen molar-refractivity contribution in [3.63, 3.8) is 0 Å². The second-order valence-electron chi connectivity index (χ2n) is 3.89. The molecule has 2 rings (SSSR count). The van der Waals surface area contributed by atoms with E-state index in [1.54, 1.807) is 0 Å². The fraction of sp³-hybridized carbons (Fsp3) is 0.778. The summed E-state index contributed by atoms with van der Waals surface area (Å²) in [5.41, 5.74) is 5.77. The van der Waals surface area contributed by atoms with Crippen LogP contribution in [-0.4, -0.2) is 33.9 Å². The second-order valence-corrected chi connectivity index (χ2v) is 4.81. The first-order valence-electron chi connectivity index (χ1n) is 4.93. The molecular weight excluding hydrogens is 200 g/mol. The van der Waals surface area contributed by atoms with Crippen molar-refractivity contribution in [3.8, 4) is 0 Å². The zero-order valence-electron chi connectivity index (χ0n) is 7.94. The van der Waals surface area contributed by atoms with Crippen LogP contribution in [0.4, 0.5) is 4.79 Å². The van der Waals surface area contributed by atoms with Gasteiger partial charge in [-0.1, -0.05) is 11.8 Å². The van der Waals surface area contributed by atoms with E-state index in [0.717, 1.165) is 37.4 Å². The maximum Gasteiger partial charge on any atom is 0.289 e. The third kappa shape index (κ3) is 1.79. The van der Waals surface area contributed by atoms with Gasteiger partial charge in [-0.25, -0.2) is 0 Å². The molecule has 0 bridgehead atoms. The van der Waals surface area contributed by atoms with Crippen molar-refractivity contribution in [2.24, 2.45) is 5.73 Å².